The molecule has 1 heterocycles. The van der Waals surface area contributed by atoms with E-state index in [0.29, 0.717) is 35.6 Å². The van der Waals surface area contributed by atoms with Crippen molar-refractivity contribution < 1.29 is 24.2 Å². The highest BCUT2D eigenvalue weighted by Crippen LogP contribution is 2.41. The van der Waals surface area contributed by atoms with E-state index >= 15 is 0 Å². The molecule has 1 aliphatic rings. The number of aliphatic carboxylic acids is 1. The van der Waals surface area contributed by atoms with Crippen molar-refractivity contribution in [2.24, 2.45) is 0 Å². The number of carboxylic acids is 1. The third kappa shape index (κ3) is 5.80. The molecule has 198 valence electrons. The molecule has 0 saturated carbocycles. The van der Waals surface area contributed by atoms with Crippen LogP contribution in [0.3, 0.4) is 0 Å². The van der Waals surface area contributed by atoms with Gasteiger partial charge in [0.05, 0.1) is 0 Å². The minimum atomic E-state index is -1.36. The SMILES string of the molecule is O=C(OCc1ccccc1)N1CCCC1CC(C(=O)O)(c1ccccc1)c1ccc(Oc2ccccc2)cc1. The Morgan fingerprint density at radius 3 is 1.97 bits per heavy atom. The van der Waals surface area contributed by atoms with Crippen LogP contribution in [0.15, 0.2) is 115 Å². The van der Waals surface area contributed by atoms with E-state index in [1.165, 1.54) is 0 Å². The maximum atomic E-state index is 13.2. The lowest BCUT2D eigenvalue weighted by Crippen LogP contribution is -2.45. The fourth-order valence-electron chi connectivity index (χ4n) is 5.34. The molecule has 39 heavy (non-hydrogen) atoms. The van der Waals surface area contributed by atoms with Crippen molar-refractivity contribution in [1.82, 2.24) is 4.90 Å². The maximum absolute atomic E-state index is 13.2. The molecule has 4 aromatic rings. The first-order valence-electron chi connectivity index (χ1n) is 13.2. The number of carbonyl (C=O) groups excluding carboxylic acids is 1. The van der Waals surface area contributed by atoms with Gasteiger partial charge in [-0.1, -0.05) is 91.0 Å². The summed E-state index contributed by atoms with van der Waals surface area (Å²) < 4.78 is 11.6. The van der Waals surface area contributed by atoms with Gasteiger partial charge in [-0.15, -0.1) is 0 Å². The third-order valence-corrected chi connectivity index (χ3v) is 7.32. The van der Waals surface area contributed by atoms with E-state index in [1.807, 2.05) is 103 Å². The second-order valence-electron chi connectivity index (χ2n) is 9.75. The van der Waals surface area contributed by atoms with Crippen LogP contribution in [0.2, 0.25) is 0 Å². The first-order valence-corrected chi connectivity index (χ1v) is 13.2. The molecule has 0 bridgehead atoms. The van der Waals surface area contributed by atoms with E-state index in [-0.39, 0.29) is 19.1 Å². The van der Waals surface area contributed by atoms with Gasteiger partial charge in [0.2, 0.25) is 0 Å². The van der Waals surface area contributed by atoms with Crippen LogP contribution in [0.5, 0.6) is 11.5 Å². The Bertz CT molecular complexity index is 1380. The first-order chi connectivity index (χ1) is 19.1. The fraction of sp³-hybridized carbons (Fsp3) is 0.212. The summed E-state index contributed by atoms with van der Waals surface area (Å²) in [5.74, 6) is 0.354. The number of nitrogens with zero attached hydrogens (tertiary/aromatic N) is 1. The van der Waals surface area contributed by atoms with Crippen LogP contribution >= 0.6 is 0 Å². The summed E-state index contributed by atoms with van der Waals surface area (Å²) in [4.78, 5) is 28.0. The average molecular weight is 522 g/mol. The second-order valence-corrected chi connectivity index (χ2v) is 9.75. The molecule has 0 aliphatic carbocycles. The van der Waals surface area contributed by atoms with Crippen molar-refractivity contribution in [2.75, 3.05) is 6.54 Å². The Balaban J connectivity index is 1.42. The number of amides is 1. The number of rotatable bonds is 9. The Morgan fingerprint density at radius 1 is 0.769 bits per heavy atom. The summed E-state index contributed by atoms with van der Waals surface area (Å²) in [7, 11) is 0. The lowest BCUT2D eigenvalue weighted by atomic mass is 9.70. The predicted octanol–water partition coefficient (Wildman–Crippen LogP) is 7.04. The second kappa shape index (κ2) is 11.9. The van der Waals surface area contributed by atoms with Crippen molar-refractivity contribution >= 4 is 12.1 Å². The first kappa shape index (κ1) is 26.0. The molecule has 6 heteroatoms. The van der Waals surface area contributed by atoms with Crippen molar-refractivity contribution in [3.05, 3.63) is 132 Å². The normalized spacial score (nSPS) is 16.3. The predicted molar refractivity (Wildman–Crippen MR) is 149 cm³/mol. The van der Waals surface area contributed by atoms with Crippen LogP contribution in [-0.2, 0) is 21.6 Å². The van der Waals surface area contributed by atoms with Crippen LogP contribution < -0.4 is 4.74 Å². The number of para-hydroxylation sites is 1. The van der Waals surface area contributed by atoms with Gasteiger partial charge in [0, 0.05) is 12.6 Å². The molecule has 1 amide bonds. The lowest BCUT2D eigenvalue weighted by molar-refractivity contribution is -0.143. The van der Waals surface area contributed by atoms with E-state index in [9.17, 15) is 14.7 Å². The smallest absolute Gasteiger partial charge is 0.410 e. The Labute approximate surface area is 228 Å². The quantitative estimate of drug-likeness (QED) is 0.256. The van der Waals surface area contributed by atoms with Gasteiger partial charge in [0.15, 0.2) is 0 Å². The van der Waals surface area contributed by atoms with Crippen molar-refractivity contribution in [2.45, 2.75) is 37.3 Å². The van der Waals surface area contributed by atoms with Gasteiger partial charge < -0.3 is 19.5 Å². The minimum Gasteiger partial charge on any atom is -0.480 e. The molecule has 0 spiro atoms. The van der Waals surface area contributed by atoms with E-state index in [1.54, 1.807) is 17.0 Å². The van der Waals surface area contributed by atoms with Crippen molar-refractivity contribution in [1.29, 1.82) is 0 Å². The molecular formula is C33H31NO5. The molecular weight excluding hydrogens is 490 g/mol. The van der Waals surface area contributed by atoms with Gasteiger partial charge >= 0.3 is 12.1 Å². The van der Waals surface area contributed by atoms with Gasteiger partial charge in [0.25, 0.3) is 0 Å². The molecule has 2 atom stereocenters. The molecule has 1 fully saturated rings. The van der Waals surface area contributed by atoms with Gasteiger partial charge in [-0.05, 0) is 60.2 Å². The zero-order valence-corrected chi connectivity index (χ0v) is 21.6. The highest BCUT2D eigenvalue weighted by molar-refractivity contribution is 5.86. The molecule has 1 aliphatic heterocycles. The van der Waals surface area contributed by atoms with Crippen molar-refractivity contribution in [3.63, 3.8) is 0 Å². The largest absolute Gasteiger partial charge is 0.480 e. The Morgan fingerprint density at radius 2 is 1.33 bits per heavy atom. The zero-order valence-electron chi connectivity index (χ0n) is 21.6. The highest BCUT2D eigenvalue weighted by atomic mass is 16.6. The standard InChI is InChI=1S/C33H31NO5/c35-31(36)33(26-13-6-2-7-14-26,27-18-20-30(21-19-27)39-29-16-8-3-9-17-29)23-28-15-10-22-34(28)32(37)38-24-25-11-4-1-5-12-25/h1-9,11-14,16-21,28H,10,15,22-24H2,(H,35,36). The van der Waals surface area contributed by atoms with Gasteiger partial charge in [-0.2, -0.15) is 0 Å². The molecule has 1 N–H and O–H groups in total. The lowest BCUT2D eigenvalue weighted by Gasteiger charge is -2.36. The average Bonchev–Trinajstić information content (AvgIpc) is 3.45. The summed E-state index contributed by atoms with van der Waals surface area (Å²) >= 11 is 0. The highest BCUT2D eigenvalue weighted by Gasteiger charge is 2.47. The fourth-order valence-corrected chi connectivity index (χ4v) is 5.34. The summed E-state index contributed by atoms with van der Waals surface area (Å²) in [5, 5.41) is 10.8. The van der Waals surface area contributed by atoms with Gasteiger partial charge in [-0.3, -0.25) is 4.79 Å². The molecule has 2 unspecified atom stereocenters. The topological polar surface area (TPSA) is 76.1 Å². The van der Waals surface area contributed by atoms with E-state index in [0.717, 1.165) is 12.0 Å². The Kier molecular flexibility index (Phi) is 7.92. The molecule has 0 radical (unpaired) electrons. The van der Waals surface area contributed by atoms with Crippen LogP contribution in [0.1, 0.15) is 36.0 Å². The summed E-state index contributed by atoms with van der Waals surface area (Å²) in [6, 6.07) is 35.2. The molecule has 1 saturated heterocycles. The summed E-state index contributed by atoms with van der Waals surface area (Å²) in [6.07, 6.45) is 1.31. The summed E-state index contributed by atoms with van der Waals surface area (Å²) in [6.45, 7) is 0.709. The van der Waals surface area contributed by atoms with Crippen LogP contribution in [-0.4, -0.2) is 34.7 Å². The Hall–Kier alpha value is -4.58. The maximum Gasteiger partial charge on any atom is 0.410 e. The number of benzene rings is 4. The number of hydrogen-bond donors (Lipinski definition) is 1. The van der Waals surface area contributed by atoms with Crippen LogP contribution in [0.4, 0.5) is 4.79 Å². The number of ether oxygens (including phenoxy) is 2. The molecule has 5 rings (SSSR count). The van der Waals surface area contributed by atoms with E-state index in [2.05, 4.69) is 0 Å². The molecule has 6 nitrogen and oxygen atoms in total. The minimum absolute atomic E-state index is 0.175. The van der Waals surface area contributed by atoms with Crippen LogP contribution in [0.25, 0.3) is 0 Å². The number of carboxylic acid groups (broad SMARTS) is 1. The number of hydrogen-bond acceptors (Lipinski definition) is 4. The van der Waals surface area contributed by atoms with E-state index in [4.69, 9.17) is 9.47 Å². The van der Waals surface area contributed by atoms with Gasteiger partial charge in [0.1, 0.15) is 23.5 Å². The monoisotopic (exact) mass is 521 g/mol. The summed E-state index contributed by atoms with van der Waals surface area (Å²) in [5.41, 5.74) is 0.841. The number of likely N-dealkylation sites (tertiary alicyclic amines) is 1. The van der Waals surface area contributed by atoms with Crippen molar-refractivity contribution in [3.8, 4) is 11.5 Å². The molecule has 4 aromatic carbocycles. The zero-order chi connectivity index (χ0) is 27.1. The third-order valence-electron chi connectivity index (χ3n) is 7.32. The van der Waals surface area contributed by atoms with E-state index < -0.39 is 17.5 Å². The molecule has 0 aromatic heterocycles. The van der Waals surface area contributed by atoms with Crippen LogP contribution in [0, 0.1) is 0 Å². The van der Waals surface area contributed by atoms with Gasteiger partial charge in [-0.25, -0.2) is 4.79 Å². The number of carbonyl (C=O) groups is 2.